The van der Waals surface area contributed by atoms with E-state index in [-0.39, 0.29) is 11.1 Å². The van der Waals surface area contributed by atoms with Gasteiger partial charge in [-0.05, 0) is 89.9 Å². The Hall–Kier alpha value is -1.92. The van der Waals surface area contributed by atoms with Crippen LogP contribution in [0.15, 0.2) is 24.3 Å². The first kappa shape index (κ1) is 38.1. The number of esters is 2. The van der Waals surface area contributed by atoms with E-state index in [2.05, 4.69) is 37.5 Å². The minimum Gasteiger partial charge on any atom is -0.462 e. The topological polar surface area (TPSA) is 59.1 Å². The summed E-state index contributed by atoms with van der Waals surface area (Å²) in [5, 5.41) is 0. The van der Waals surface area contributed by atoms with E-state index in [0.29, 0.717) is 13.2 Å². The maximum absolute atomic E-state index is 12.8. The predicted molar refractivity (Wildman–Crippen MR) is 176 cm³/mol. The van der Waals surface area contributed by atoms with Gasteiger partial charge in [-0.2, -0.15) is 0 Å². The molecule has 0 atom stereocenters. The SMILES string of the molecule is CCCCCCCCN(CC)CCCCOC(=O)c1ccccc1C(=O)OCCCCN(CC)CCCCCCCC. The molecule has 0 N–H and O–H groups in total. The molecular formula is C36H64N2O4. The molecule has 0 aliphatic rings. The fraction of sp³-hybridized carbons (Fsp3) is 0.778. The molecule has 1 aromatic rings. The van der Waals surface area contributed by atoms with Gasteiger partial charge >= 0.3 is 11.9 Å². The van der Waals surface area contributed by atoms with Crippen molar-refractivity contribution in [1.82, 2.24) is 9.80 Å². The highest BCUT2D eigenvalue weighted by molar-refractivity contribution is 6.03. The molecular weight excluding hydrogens is 524 g/mol. The van der Waals surface area contributed by atoms with Gasteiger partial charge in [-0.1, -0.05) is 104 Å². The molecule has 6 nitrogen and oxygen atoms in total. The Morgan fingerprint density at radius 3 is 1.19 bits per heavy atom. The standard InChI is InChI=1S/C36H64N2O4/c1-5-9-11-13-15-19-27-37(7-3)29-21-23-31-41-35(39)33-25-17-18-26-34(33)36(40)42-32-24-22-30-38(8-4)28-20-16-14-12-10-6-2/h17-18,25-26H,5-16,19-24,27-32H2,1-4H3. The van der Waals surface area contributed by atoms with Gasteiger partial charge in [0.25, 0.3) is 0 Å². The van der Waals surface area contributed by atoms with E-state index >= 15 is 0 Å². The number of rotatable bonds is 28. The summed E-state index contributed by atoms with van der Waals surface area (Å²) in [7, 11) is 0. The number of ether oxygens (including phenoxy) is 2. The fourth-order valence-electron chi connectivity index (χ4n) is 5.29. The van der Waals surface area contributed by atoms with E-state index in [0.717, 1.165) is 65.0 Å². The molecule has 0 bridgehead atoms. The van der Waals surface area contributed by atoms with Gasteiger partial charge in [0.2, 0.25) is 0 Å². The molecule has 1 aromatic carbocycles. The monoisotopic (exact) mass is 588 g/mol. The normalized spacial score (nSPS) is 11.4. The van der Waals surface area contributed by atoms with Crippen LogP contribution in [-0.4, -0.2) is 74.2 Å². The lowest BCUT2D eigenvalue weighted by molar-refractivity contribution is 0.0448. The van der Waals surface area contributed by atoms with Crippen LogP contribution in [0, 0.1) is 0 Å². The Morgan fingerprint density at radius 2 is 0.833 bits per heavy atom. The summed E-state index contributed by atoms with van der Waals surface area (Å²) in [5.41, 5.74) is 0.578. The molecule has 0 saturated heterocycles. The van der Waals surface area contributed by atoms with Gasteiger partial charge in [0, 0.05) is 0 Å². The van der Waals surface area contributed by atoms with E-state index in [9.17, 15) is 9.59 Å². The number of hydrogen-bond donors (Lipinski definition) is 0. The molecule has 0 fully saturated rings. The zero-order valence-electron chi connectivity index (χ0n) is 27.8. The van der Waals surface area contributed by atoms with Gasteiger partial charge in [0.15, 0.2) is 0 Å². The maximum atomic E-state index is 12.8. The van der Waals surface area contributed by atoms with Crippen LogP contribution in [0.5, 0.6) is 0 Å². The summed E-state index contributed by atoms with van der Waals surface area (Å²) in [4.78, 5) is 30.5. The average Bonchev–Trinajstić information content (AvgIpc) is 3.01. The number of benzene rings is 1. The van der Waals surface area contributed by atoms with E-state index in [1.807, 2.05) is 0 Å². The van der Waals surface area contributed by atoms with Crippen LogP contribution in [0.1, 0.15) is 151 Å². The fourth-order valence-corrected chi connectivity index (χ4v) is 5.29. The van der Waals surface area contributed by atoms with Crippen molar-refractivity contribution in [2.24, 2.45) is 0 Å². The Morgan fingerprint density at radius 1 is 0.500 bits per heavy atom. The van der Waals surface area contributed by atoms with Crippen LogP contribution >= 0.6 is 0 Å². The molecule has 242 valence electrons. The van der Waals surface area contributed by atoms with Crippen molar-refractivity contribution in [1.29, 1.82) is 0 Å². The summed E-state index contributed by atoms with van der Waals surface area (Å²) < 4.78 is 11.1. The Bertz CT molecular complexity index is 735. The summed E-state index contributed by atoms with van der Waals surface area (Å²) in [6, 6.07) is 6.83. The van der Waals surface area contributed by atoms with Gasteiger partial charge in [0.05, 0.1) is 24.3 Å². The number of carbonyl (C=O) groups is 2. The van der Waals surface area contributed by atoms with Gasteiger partial charge in [-0.15, -0.1) is 0 Å². The molecule has 0 radical (unpaired) electrons. The highest BCUT2D eigenvalue weighted by atomic mass is 16.5. The zero-order chi connectivity index (χ0) is 30.7. The van der Waals surface area contributed by atoms with Crippen LogP contribution in [0.25, 0.3) is 0 Å². The third kappa shape index (κ3) is 18.6. The van der Waals surface area contributed by atoms with Crippen molar-refractivity contribution < 1.29 is 19.1 Å². The lowest BCUT2D eigenvalue weighted by Crippen LogP contribution is -2.26. The minimum atomic E-state index is -0.449. The largest absolute Gasteiger partial charge is 0.462 e. The highest BCUT2D eigenvalue weighted by Gasteiger charge is 2.19. The van der Waals surface area contributed by atoms with Crippen molar-refractivity contribution in [2.45, 2.75) is 130 Å². The van der Waals surface area contributed by atoms with E-state index in [1.165, 1.54) is 77.0 Å². The molecule has 0 aromatic heterocycles. The lowest BCUT2D eigenvalue weighted by atomic mass is 10.1. The van der Waals surface area contributed by atoms with E-state index in [4.69, 9.17) is 9.47 Å². The van der Waals surface area contributed by atoms with Crippen molar-refractivity contribution in [2.75, 3.05) is 52.5 Å². The van der Waals surface area contributed by atoms with Gasteiger partial charge < -0.3 is 19.3 Å². The molecule has 1 rings (SSSR count). The number of carbonyl (C=O) groups excluding carboxylic acids is 2. The first-order chi connectivity index (χ1) is 20.6. The third-order valence-corrected chi connectivity index (χ3v) is 8.12. The lowest BCUT2D eigenvalue weighted by Gasteiger charge is -2.20. The molecule has 0 unspecified atom stereocenters. The van der Waals surface area contributed by atoms with Crippen molar-refractivity contribution in [3.8, 4) is 0 Å². The number of hydrogen-bond acceptors (Lipinski definition) is 6. The molecule has 0 heterocycles. The number of unbranched alkanes of at least 4 members (excludes halogenated alkanes) is 12. The van der Waals surface area contributed by atoms with E-state index in [1.54, 1.807) is 24.3 Å². The predicted octanol–water partition coefficient (Wildman–Crippen LogP) is 8.93. The first-order valence-electron chi connectivity index (χ1n) is 17.4. The molecule has 0 spiro atoms. The molecule has 6 heteroatoms. The van der Waals surface area contributed by atoms with Crippen LogP contribution < -0.4 is 0 Å². The Kier molecular flexibility index (Phi) is 24.2. The smallest absolute Gasteiger partial charge is 0.339 e. The second-order valence-corrected chi connectivity index (χ2v) is 11.6. The summed E-state index contributed by atoms with van der Waals surface area (Å²) >= 11 is 0. The molecule has 0 aliphatic heterocycles. The van der Waals surface area contributed by atoms with Crippen LogP contribution in [0.3, 0.4) is 0 Å². The second kappa shape index (κ2) is 26.7. The second-order valence-electron chi connectivity index (χ2n) is 11.6. The van der Waals surface area contributed by atoms with Crippen molar-refractivity contribution >= 4 is 11.9 Å². The van der Waals surface area contributed by atoms with Crippen LogP contribution in [-0.2, 0) is 9.47 Å². The van der Waals surface area contributed by atoms with Crippen molar-refractivity contribution in [3.63, 3.8) is 0 Å². The minimum absolute atomic E-state index is 0.289. The molecule has 0 aliphatic carbocycles. The quantitative estimate of drug-likeness (QED) is 0.0719. The zero-order valence-corrected chi connectivity index (χ0v) is 27.8. The van der Waals surface area contributed by atoms with Gasteiger partial charge in [-0.3, -0.25) is 0 Å². The van der Waals surface area contributed by atoms with E-state index < -0.39 is 11.9 Å². The summed E-state index contributed by atoms with van der Waals surface area (Å²) in [6.07, 6.45) is 19.4. The van der Waals surface area contributed by atoms with Crippen LogP contribution in [0.2, 0.25) is 0 Å². The molecule has 0 amide bonds. The third-order valence-electron chi connectivity index (χ3n) is 8.12. The number of nitrogens with zero attached hydrogens (tertiary/aromatic N) is 2. The first-order valence-corrected chi connectivity index (χ1v) is 17.4. The summed E-state index contributed by atoms with van der Waals surface area (Å²) in [6.45, 7) is 16.1. The molecule has 0 saturated carbocycles. The highest BCUT2D eigenvalue weighted by Crippen LogP contribution is 2.14. The van der Waals surface area contributed by atoms with Gasteiger partial charge in [0.1, 0.15) is 0 Å². The summed E-state index contributed by atoms with van der Waals surface area (Å²) in [5.74, 6) is -0.898. The Labute approximate surface area is 258 Å². The average molecular weight is 589 g/mol. The Balaban J connectivity index is 2.28. The van der Waals surface area contributed by atoms with Crippen LogP contribution in [0.4, 0.5) is 0 Å². The van der Waals surface area contributed by atoms with Gasteiger partial charge in [-0.25, -0.2) is 9.59 Å². The van der Waals surface area contributed by atoms with Crippen molar-refractivity contribution in [3.05, 3.63) is 35.4 Å². The maximum Gasteiger partial charge on any atom is 0.339 e. The molecule has 42 heavy (non-hydrogen) atoms.